The van der Waals surface area contributed by atoms with E-state index in [1.54, 1.807) is 6.20 Å². The number of rotatable bonds is 3. The van der Waals surface area contributed by atoms with Crippen molar-refractivity contribution in [2.45, 2.75) is 0 Å². The number of carbonyl (C=O) groups is 1. The Kier molecular flexibility index (Phi) is 4.10. The van der Waals surface area contributed by atoms with Gasteiger partial charge < -0.3 is 10.7 Å². The number of benzene rings is 2. The van der Waals surface area contributed by atoms with Gasteiger partial charge in [-0.05, 0) is 35.9 Å². The molecule has 5 rings (SSSR count). The summed E-state index contributed by atoms with van der Waals surface area (Å²) in [5, 5.41) is 1.64. The highest BCUT2D eigenvalue weighted by molar-refractivity contribution is 5.98. The molecule has 0 aliphatic carbocycles. The summed E-state index contributed by atoms with van der Waals surface area (Å²) in [6.45, 7) is 0. The lowest BCUT2D eigenvalue weighted by atomic mass is 9.96. The number of hydrogen-bond donors (Lipinski definition) is 2. The van der Waals surface area contributed by atoms with Crippen molar-refractivity contribution >= 4 is 27.8 Å². The van der Waals surface area contributed by atoms with E-state index in [0.29, 0.717) is 11.0 Å². The first-order valence-corrected chi connectivity index (χ1v) is 9.38. The minimum Gasteiger partial charge on any atom is -0.365 e. The van der Waals surface area contributed by atoms with Crippen molar-refractivity contribution in [3.05, 3.63) is 94.9 Å². The largest absolute Gasteiger partial charge is 0.365 e. The number of H-pyrrole nitrogens is 1. The average Bonchev–Trinajstić information content (AvgIpc) is 2.78. The van der Waals surface area contributed by atoms with E-state index in [9.17, 15) is 9.59 Å². The molecule has 6 nitrogen and oxygen atoms in total. The Hall–Kier alpha value is -4.32. The Morgan fingerprint density at radius 1 is 0.867 bits per heavy atom. The molecule has 0 bridgehead atoms. The second-order valence-corrected chi connectivity index (χ2v) is 6.98. The zero-order valence-electron chi connectivity index (χ0n) is 15.8. The summed E-state index contributed by atoms with van der Waals surface area (Å²) in [6, 6.07) is 23.1. The van der Waals surface area contributed by atoms with Gasteiger partial charge in [0.1, 0.15) is 11.2 Å². The number of pyridine rings is 3. The smallest absolute Gasteiger partial charge is 0.262 e. The molecule has 0 aliphatic heterocycles. The maximum absolute atomic E-state index is 12.2. The van der Waals surface area contributed by atoms with Crippen LogP contribution in [0.1, 0.15) is 10.4 Å². The van der Waals surface area contributed by atoms with E-state index in [4.69, 9.17) is 10.7 Å². The third-order valence-electron chi connectivity index (χ3n) is 5.06. The van der Waals surface area contributed by atoms with E-state index in [-0.39, 0.29) is 5.56 Å². The molecule has 144 valence electrons. The number of nitrogens with zero attached hydrogens (tertiary/aromatic N) is 2. The summed E-state index contributed by atoms with van der Waals surface area (Å²) in [7, 11) is 0. The van der Waals surface area contributed by atoms with Gasteiger partial charge in [-0.2, -0.15) is 0 Å². The van der Waals surface area contributed by atoms with Crippen LogP contribution in [0.3, 0.4) is 0 Å². The van der Waals surface area contributed by atoms with Gasteiger partial charge in [-0.1, -0.05) is 42.5 Å². The number of aromatic nitrogens is 3. The van der Waals surface area contributed by atoms with Crippen LogP contribution in [-0.2, 0) is 0 Å². The van der Waals surface area contributed by atoms with Crippen LogP contribution in [0, 0.1) is 0 Å². The summed E-state index contributed by atoms with van der Waals surface area (Å²) >= 11 is 0. The van der Waals surface area contributed by atoms with E-state index >= 15 is 0 Å². The quantitative estimate of drug-likeness (QED) is 0.486. The molecule has 5 aromatic rings. The van der Waals surface area contributed by atoms with Crippen molar-refractivity contribution in [2.24, 2.45) is 5.73 Å². The summed E-state index contributed by atoms with van der Waals surface area (Å²) in [5.74, 6) is -0.774. The molecule has 0 aliphatic rings. The SMILES string of the molecule is NC(=O)c1cc2cc(-c3ccc4ncccc4c3)c(-c3ccccc3)nc2[nH]c1=O. The average molecular weight is 392 g/mol. The molecule has 0 spiro atoms. The van der Waals surface area contributed by atoms with Crippen molar-refractivity contribution in [3.8, 4) is 22.4 Å². The normalized spacial score (nSPS) is 11.1. The molecule has 3 aromatic heterocycles. The molecular weight excluding hydrogens is 376 g/mol. The number of nitrogens with one attached hydrogen (secondary N) is 1. The number of fused-ring (bicyclic) bond motifs is 2. The van der Waals surface area contributed by atoms with Crippen LogP contribution in [0.2, 0.25) is 0 Å². The molecule has 0 unspecified atom stereocenters. The molecule has 1 amide bonds. The van der Waals surface area contributed by atoms with Gasteiger partial charge >= 0.3 is 0 Å². The van der Waals surface area contributed by atoms with E-state index in [1.807, 2.05) is 60.7 Å². The Labute approximate surface area is 171 Å². The maximum Gasteiger partial charge on any atom is 0.262 e. The third-order valence-corrected chi connectivity index (χ3v) is 5.06. The van der Waals surface area contributed by atoms with Crippen molar-refractivity contribution in [2.75, 3.05) is 0 Å². The van der Waals surface area contributed by atoms with E-state index in [1.165, 1.54) is 6.07 Å². The molecule has 3 N–H and O–H groups in total. The Bertz CT molecular complexity index is 1490. The second-order valence-electron chi connectivity index (χ2n) is 6.98. The van der Waals surface area contributed by atoms with E-state index in [0.717, 1.165) is 33.3 Å². The highest BCUT2D eigenvalue weighted by Gasteiger charge is 2.15. The predicted octanol–water partition coefficient (Wildman–Crippen LogP) is 3.90. The van der Waals surface area contributed by atoms with Crippen LogP contribution in [-0.4, -0.2) is 20.9 Å². The summed E-state index contributed by atoms with van der Waals surface area (Å²) in [6.07, 6.45) is 1.76. The summed E-state index contributed by atoms with van der Waals surface area (Å²) in [5.41, 5.74) is 9.49. The first-order chi connectivity index (χ1) is 14.6. The number of amides is 1. The standard InChI is InChI=1S/C24H16N4O2/c25-22(29)19-13-17-12-18(15-8-9-20-16(11-15)7-4-10-26-20)21(14-5-2-1-3-6-14)27-23(17)28-24(19)30/h1-13H,(H2,25,29)(H,27,28,30). The first kappa shape index (κ1) is 17.8. The zero-order valence-corrected chi connectivity index (χ0v) is 15.8. The van der Waals surface area contributed by atoms with Crippen molar-refractivity contribution in [1.29, 1.82) is 0 Å². The van der Waals surface area contributed by atoms with Crippen molar-refractivity contribution < 1.29 is 4.79 Å². The fourth-order valence-electron chi connectivity index (χ4n) is 3.60. The number of carbonyl (C=O) groups excluding carboxylic acids is 1. The third kappa shape index (κ3) is 3.00. The molecular formula is C24H16N4O2. The molecule has 0 radical (unpaired) electrons. The molecule has 0 saturated heterocycles. The minimum atomic E-state index is -0.774. The van der Waals surface area contributed by atoms with Gasteiger partial charge in [0.2, 0.25) is 0 Å². The monoisotopic (exact) mass is 392 g/mol. The molecule has 0 fully saturated rings. The fraction of sp³-hybridized carbons (Fsp3) is 0. The van der Waals surface area contributed by atoms with Gasteiger partial charge in [0.25, 0.3) is 11.5 Å². The van der Waals surface area contributed by atoms with Gasteiger partial charge in [-0.3, -0.25) is 14.6 Å². The zero-order chi connectivity index (χ0) is 20.7. The highest BCUT2D eigenvalue weighted by atomic mass is 16.2. The number of aromatic amines is 1. The Morgan fingerprint density at radius 2 is 1.70 bits per heavy atom. The Morgan fingerprint density at radius 3 is 2.50 bits per heavy atom. The Balaban J connectivity index is 1.83. The highest BCUT2D eigenvalue weighted by Crippen LogP contribution is 2.34. The number of hydrogen-bond acceptors (Lipinski definition) is 4. The summed E-state index contributed by atoms with van der Waals surface area (Å²) < 4.78 is 0. The van der Waals surface area contributed by atoms with Crippen LogP contribution in [0.4, 0.5) is 0 Å². The van der Waals surface area contributed by atoms with Gasteiger partial charge in [-0.15, -0.1) is 0 Å². The van der Waals surface area contributed by atoms with Crippen LogP contribution in [0.25, 0.3) is 44.3 Å². The maximum atomic E-state index is 12.2. The molecule has 30 heavy (non-hydrogen) atoms. The predicted molar refractivity (Wildman–Crippen MR) is 117 cm³/mol. The number of primary amides is 1. The topological polar surface area (TPSA) is 102 Å². The number of nitrogens with two attached hydrogens (primary N) is 1. The molecule has 0 saturated carbocycles. The second kappa shape index (κ2) is 6.93. The van der Waals surface area contributed by atoms with Crippen LogP contribution in [0.5, 0.6) is 0 Å². The van der Waals surface area contributed by atoms with E-state index in [2.05, 4.69) is 16.0 Å². The van der Waals surface area contributed by atoms with E-state index < -0.39 is 11.5 Å². The lowest BCUT2D eigenvalue weighted by molar-refractivity contribution is 0.0999. The lowest BCUT2D eigenvalue weighted by Gasteiger charge is -2.12. The molecule has 3 heterocycles. The van der Waals surface area contributed by atoms with Crippen molar-refractivity contribution in [3.63, 3.8) is 0 Å². The van der Waals surface area contributed by atoms with Gasteiger partial charge in [0, 0.05) is 28.1 Å². The molecule has 2 aromatic carbocycles. The lowest BCUT2D eigenvalue weighted by Crippen LogP contribution is -2.23. The van der Waals surface area contributed by atoms with Crippen LogP contribution in [0.15, 0.2) is 83.8 Å². The molecule has 6 heteroatoms. The van der Waals surface area contributed by atoms with Crippen LogP contribution >= 0.6 is 0 Å². The van der Waals surface area contributed by atoms with Gasteiger partial charge in [0.05, 0.1) is 11.2 Å². The van der Waals surface area contributed by atoms with Gasteiger partial charge in [-0.25, -0.2) is 4.98 Å². The molecule has 0 atom stereocenters. The van der Waals surface area contributed by atoms with Crippen molar-refractivity contribution in [1.82, 2.24) is 15.0 Å². The summed E-state index contributed by atoms with van der Waals surface area (Å²) in [4.78, 5) is 35.7. The first-order valence-electron chi connectivity index (χ1n) is 9.38. The van der Waals surface area contributed by atoms with Gasteiger partial charge in [0.15, 0.2) is 0 Å². The fourth-order valence-corrected chi connectivity index (χ4v) is 3.60. The van der Waals surface area contributed by atoms with Crippen LogP contribution < -0.4 is 11.3 Å². The minimum absolute atomic E-state index is 0.0922.